The van der Waals surface area contributed by atoms with E-state index in [1.54, 1.807) is 15.7 Å². The molecule has 0 bridgehead atoms. The minimum atomic E-state index is -0.724. The molecule has 1 aliphatic rings. The van der Waals surface area contributed by atoms with Crippen LogP contribution in [-0.2, 0) is 6.54 Å². The van der Waals surface area contributed by atoms with Gasteiger partial charge in [-0.3, -0.25) is 9.59 Å². The first kappa shape index (κ1) is 18.7. The van der Waals surface area contributed by atoms with E-state index in [1.807, 2.05) is 19.9 Å². The van der Waals surface area contributed by atoms with Gasteiger partial charge in [0.1, 0.15) is 5.56 Å². The molecule has 0 radical (unpaired) electrons. The van der Waals surface area contributed by atoms with Gasteiger partial charge in [-0.05, 0) is 57.1 Å². The first-order valence-corrected chi connectivity index (χ1v) is 8.93. The van der Waals surface area contributed by atoms with Crippen LogP contribution in [0.2, 0.25) is 0 Å². The van der Waals surface area contributed by atoms with E-state index in [0.29, 0.717) is 38.4 Å². The zero-order valence-corrected chi connectivity index (χ0v) is 15.3. The minimum Gasteiger partial charge on any atom is -0.390 e. The highest BCUT2D eigenvalue weighted by Crippen LogP contribution is 2.22. The number of carbonyl (C=O) groups is 1. The number of pyridine rings is 1. The maximum atomic E-state index is 12.9. The van der Waals surface area contributed by atoms with Gasteiger partial charge in [-0.15, -0.1) is 0 Å². The molecule has 1 aliphatic heterocycles. The van der Waals surface area contributed by atoms with Crippen LogP contribution in [0.1, 0.15) is 62.4 Å². The van der Waals surface area contributed by atoms with Gasteiger partial charge in [0, 0.05) is 25.8 Å². The second kappa shape index (κ2) is 7.51. The Hall–Kier alpha value is -1.62. The molecular weight excluding hydrogens is 304 g/mol. The molecule has 1 fully saturated rings. The zero-order chi connectivity index (χ0) is 17.9. The van der Waals surface area contributed by atoms with Crippen molar-refractivity contribution in [2.75, 3.05) is 13.1 Å². The van der Waals surface area contributed by atoms with Gasteiger partial charge in [-0.2, -0.15) is 0 Å². The van der Waals surface area contributed by atoms with Crippen LogP contribution in [0.5, 0.6) is 0 Å². The molecule has 2 heterocycles. The Bertz CT molecular complexity index is 647. The molecule has 134 valence electrons. The lowest BCUT2D eigenvalue weighted by Crippen LogP contribution is -2.38. The first-order valence-electron chi connectivity index (χ1n) is 8.93. The number of carbonyl (C=O) groups excluding carboxylic acids is 1. The van der Waals surface area contributed by atoms with Gasteiger partial charge in [0.2, 0.25) is 0 Å². The van der Waals surface area contributed by atoms with Crippen molar-refractivity contribution in [1.29, 1.82) is 0 Å². The SMILES string of the molecule is Cc1ccn(CCC(C)C)c(=O)c1C(=O)N1CCCC(C)(O)CC1. The van der Waals surface area contributed by atoms with E-state index in [1.165, 1.54) is 0 Å². The van der Waals surface area contributed by atoms with Crippen LogP contribution < -0.4 is 5.56 Å². The summed E-state index contributed by atoms with van der Waals surface area (Å²) in [7, 11) is 0. The smallest absolute Gasteiger partial charge is 0.263 e. The minimum absolute atomic E-state index is 0.198. The van der Waals surface area contributed by atoms with Crippen LogP contribution in [0.25, 0.3) is 0 Å². The van der Waals surface area contributed by atoms with Crippen molar-refractivity contribution < 1.29 is 9.90 Å². The van der Waals surface area contributed by atoms with Gasteiger partial charge >= 0.3 is 0 Å². The number of rotatable bonds is 4. The number of nitrogens with zero attached hydrogens (tertiary/aromatic N) is 2. The molecule has 2 rings (SSSR count). The lowest BCUT2D eigenvalue weighted by molar-refractivity contribution is 0.0437. The number of aliphatic hydroxyl groups is 1. The summed E-state index contributed by atoms with van der Waals surface area (Å²) in [6.45, 7) is 9.58. The Kier molecular flexibility index (Phi) is 5.86. The normalized spacial score (nSPS) is 21.8. The molecular formula is C19H30N2O3. The highest BCUT2D eigenvalue weighted by molar-refractivity contribution is 5.95. The van der Waals surface area contributed by atoms with Crippen LogP contribution in [0.3, 0.4) is 0 Å². The van der Waals surface area contributed by atoms with E-state index < -0.39 is 5.60 Å². The number of hydrogen-bond acceptors (Lipinski definition) is 3. The maximum absolute atomic E-state index is 12.9. The summed E-state index contributed by atoms with van der Waals surface area (Å²) in [5.41, 5.74) is 0.0827. The van der Waals surface area contributed by atoms with Crippen LogP contribution in [0, 0.1) is 12.8 Å². The summed E-state index contributed by atoms with van der Waals surface area (Å²) >= 11 is 0. The number of aryl methyl sites for hydroxylation is 2. The second-order valence-electron chi connectivity index (χ2n) is 7.70. The Morgan fingerprint density at radius 3 is 2.71 bits per heavy atom. The number of likely N-dealkylation sites (tertiary alicyclic amines) is 1. The topological polar surface area (TPSA) is 62.5 Å². The summed E-state index contributed by atoms with van der Waals surface area (Å²) in [4.78, 5) is 27.4. The largest absolute Gasteiger partial charge is 0.390 e. The molecule has 1 saturated heterocycles. The van der Waals surface area contributed by atoms with Gasteiger partial charge in [0.05, 0.1) is 5.60 Å². The van der Waals surface area contributed by atoms with E-state index in [-0.39, 0.29) is 17.0 Å². The molecule has 1 atom stereocenters. The molecule has 1 amide bonds. The van der Waals surface area contributed by atoms with Gasteiger partial charge in [-0.1, -0.05) is 13.8 Å². The molecule has 5 heteroatoms. The van der Waals surface area contributed by atoms with Gasteiger partial charge in [-0.25, -0.2) is 0 Å². The number of aromatic nitrogens is 1. The molecule has 0 aliphatic carbocycles. The van der Waals surface area contributed by atoms with Crippen molar-refractivity contribution in [2.45, 2.75) is 65.5 Å². The molecule has 5 nitrogen and oxygen atoms in total. The fourth-order valence-corrected chi connectivity index (χ4v) is 3.12. The average molecular weight is 334 g/mol. The van der Waals surface area contributed by atoms with Gasteiger partial charge in [0.15, 0.2) is 0 Å². The Balaban J connectivity index is 2.25. The Morgan fingerprint density at radius 1 is 1.33 bits per heavy atom. The third-order valence-corrected chi connectivity index (χ3v) is 4.89. The zero-order valence-electron chi connectivity index (χ0n) is 15.3. The second-order valence-corrected chi connectivity index (χ2v) is 7.70. The number of hydrogen-bond donors (Lipinski definition) is 1. The lowest BCUT2D eigenvalue weighted by Gasteiger charge is -2.23. The maximum Gasteiger partial charge on any atom is 0.263 e. The molecule has 1 unspecified atom stereocenters. The van der Waals surface area contributed by atoms with Crippen molar-refractivity contribution in [3.8, 4) is 0 Å². The summed E-state index contributed by atoms with van der Waals surface area (Å²) < 4.78 is 1.65. The van der Waals surface area contributed by atoms with E-state index in [4.69, 9.17) is 0 Å². The third-order valence-electron chi connectivity index (χ3n) is 4.89. The lowest BCUT2D eigenvalue weighted by atomic mass is 9.98. The van der Waals surface area contributed by atoms with Crippen LogP contribution in [-0.4, -0.2) is 39.2 Å². The summed E-state index contributed by atoms with van der Waals surface area (Å²) in [6.07, 6.45) is 4.68. The Labute approximate surface area is 144 Å². The molecule has 24 heavy (non-hydrogen) atoms. The fraction of sp³-hybridized carbons (Fsp3) is 0.684. The summed E-state index contributed by atoms with van der Waals surface area (Å²) in [6, 6.07) is 1.85. The van der Waals surface area contributed by atoms with E-state index in [0.717, 1.165) is 18.4 Å². The predicted molar refractivity (Wildman–Crippen MR) is 95.3 cm³/mol. The quantitative estimate of drug-likeness (QED) is 0.920. The molecule has 0 aromatic carbocycles. The molecule has 1 aromatic rings. The van der Waals surface area contributed by atoms with Gasteiger partial charge < -0.3 is 14.6 Å². The monoisotopic (exact) mass is 334 g/mol. The van der Waals surface area contributed by atoms with Crippen LogP contribution in [0.15, 0.2) is 17.1 Å². The molecule has 0 saturated carbocycles. The number of amides is 1. The molecule has 0 spiro atoms. The fourth-order valence-electron chi connectivity index (χ4n) is 3.12. The van der Waals surface area contributed by atoms with E-state index in [2.05, 4.69) is 13.8 Å². The summed E-state index contributed by atoms with van der Waals surface area (Å²) in [5, 5.41) is 10.2. The molecule has 1 N–H and O–H groups in total. The first-order chi connectivity index (χ1) is 11.2. The highest BCUT2D eigenvalue weighted by Gasteiger charge is 2.29. The molecule has 1 aromatic heterocycles. The standard InChI is InChI=1S/C19H30N2O3/c1-14(2)6-11-21-12-7-15(3)16(18(21)23)17(22)20-10-5-8-19(4,24)9-13-20/h7,12,14,24H,5-6,8-11,13H2,1-4H3. The highest BCUT2D eigenvalue weighted by atomic mass is 16.3. The van der Waals surface area contributed by atoms with Crippen molar-refractivity contribution in [1.82, 2.24) is 9.47 Å². The predicted octanol–water partition coefficient (Wildman–Crippen LogP) is 2.58. The van der Waals surface area contributed by atoms with Crippen molar-refractivity contribution >= 4 is 5.91 Å². The third kappa shape index (κ3) is 4.47. The van der Waals surface area contributed by atoms with Crippen molar-refractivity contribution in [2.24, 2.45) is 5.92 Å². The Morgan fingerprint density at radius 2 is 2.04 bits per heavy atom. The average Bonchev–Trinajstić information content (AvgIpc) is 2.67. The van der Waals surface area contributed by atoms with Crippen molar-refractivity contribution in [3.05, 3.63) is 33.7 Å². The van der Waals surface area contributed by atoms with Crippen LogP contribution in [0.4, 0.5) is 0 Å². The van der Waals surface area contributed by atoms with Crippen LogP contribution >= 0.6 is 0 Å². The van der Waals surface area contributed by atoms with Crippen molar-refractivity contribution in [3.63, 3.8) is 0 Å². The van der Waals surface area contributed by atoms with E-state index >= 15 is 0 Å². The van der Waals surface area contributed by atoms with E-state index in [9.17, 15) is 14.7 Å². The van der Waals surface area contributed by atoms with Gasteiger partial charge in [0.25, 0.3) is 11.5 Å². The summed E-state index contributed by atoms with van der Waals surface area (Å²) in [5.74, 6) is 0.305.